The Morgan fingerprint density at radius 3 is 2.45 bits per heavy atom. The molecule has 0 aliphatic carbocycles. The minimum absolute atomic E-state index is 0.374. The first-order chi connectivity index (χ1) is 14.8. The number of aryl methyl sites for hydroxylation is 1. The zero-order valence-electron chi connectivity index (χ0n) is 18.3. The van der Waals surface area contributed by atoms with Gasteiger partial charge in [-0.05, 0) is 50.6 Å². The minimum Gasteiger partial charge on any atom is -0.497 e. The van der Waals surface area contributed by atoms with Gasteiger partial charge in [0.25, 0.3) is 0 Å². The molecule has 0 amide bonds. The first-order valence-corrected chi connectivity index (χ1v) is 11.5. The van der Waals surface area contributed by atoms with Crippen LogP contribution in [0.3, 0.4) is 0 Å². The van der Waals surface area contributed by atoms with Crippen molar-refractivity contribution >= 4 is 11.8 Å². The number of ether oxygens (including phenoxy) is 5. The summed E-state index contributed by atoms with van der Waals surface area (Å²) in [5.41, 5.74) is 2.21. The molecule has 0 spiro atoms. The molecule has 31 heavy (non-hydrogen) atoms. The van der Waals surface area contributed by atoms with Gasteiger partial charge in [0, 0.05) is 10.6 Å². The lowest BCUT2D eigenvalue weighted by Gasteiger charge is -2.28. The third-order valence-corrected chi connectivity index (χ3v) is 6.56. The van der Waals surface area contributed by atoms with E-state index in [2.05, 4.69) is 31.2 Å². The van der Waals surface area contributed by atoms with Crippen molar-refractivity contribution in [2.75, 3.05) is 12.9 Å². The molecule has 1 N–H and O–H groups in total. The van der Waals surface area contributed by atoms with E-state index in [0.717, 1.165) is 16.2 Å². The summed E-state index contributed by atoms with van der Waals surface area (Å²) in [5, 5.41) is 10.9. The first kappa shape index (κ1) is 22.6. The molecular weight excluding hydrogens is 416 g/mol. The quantitative estimate of drug-likeness (QED) is 0.617. The molecule has 0 aromatic heterocycles. The summed E-state index contributed by atoms with van der Waals surface area (Å²) < 4.78 is 29.5. The Labute approximate surface area is 187 Å². The van der Waals surface area contributed by atoms with E-state index in [1.807, 2.05) is 38.1 Å². The lowest BCUT2D eigenvalue weighted by atomic mass is 10.1. The summed E-state index contributed by atoms with van der Waals surface area (Å²) in [6, 6.07) is 16.0. The number of aliphatic hydroxyl groups is 1. The fourth-order valence-corrected chi connectivity index (χ4v) is 4.71. The second-order valence-electron chi connectivity index (χ2n) is 8.38. The van der Waals surface area contributed by atoms with Gasteiger partial charge in [0.15, 0.2) is 12.1 Å². The maximum absolute atomic E-state index is 10.9. The highest BCUT2D eigenvalue weighted by Gasteiger charge is 2.57. The summed E-state index contributed by atoms with van der Waals surface area (Å²) in [5.74, 6) is 0.534. The zero-order chi connectivity index (χ0) is 22.0. The third-order valence-electron chi connectivity index (χ3n) is 5.45. The molecule has 2 aromatic carbocycles. The lowest BCUT2D eigenvalue weighted by molar-refractivity contribution is -0.228. The van der Waals surface area contributed by atoms with Gasteiger partial charge in [-0.25, -0.2) is 0 Å². The molecule has 2 fully saturated rings. The highest BCUT2D eigenvalue weighted by Crippen LogP contribution is 2.40. The fourth-order valence-electron chi connectivity index (χ4n) is 3.83. The molecule has 2 aliphatic rings. The van der Waals surface area contributed by atoms with Crippen LogP contribution in [0.5, 0.6) is 5.75 Å². The van der Waals surface area contributed by atoms with Crippen LogP contribution in [0.15, 0.2) is 53.4 Å². The second-order valence-corrected chi connectivity index (χ2v) is 9.48. The normalized spacial score (nSPS) is 27.8. The van der Waals surface area contributed by atoms with Crippen LogP contribution in [-0.2, 0) is 25.6 Å². The predicted molar refractivity (Wildman–Crippen MR) is 118 cm³/mol. The molecule has 2 aliphatic heterocycles. The molecule has 0 bridgehead atoms. The smallest absolute Gasteiger partial charge is 0.190 e. The fraction of sp³-hybridized carbons (Fsp3) is 0.500. The van der Waals surface area contributed by atoms with Crippen molar-refractivity contribution in [3.8, 4) is 5.75 Å². The van der Waals surface area contributed by atoms with Crippen molar-refractivity contribution in [3.63, 3.8) is 0 Å². The Bertz CT molecular complexity index is 853. The lowest BCUT2D eigenvalue weighted by Crippen LogP contribution is -2.43. The Kier molecular flexibility index (Phi) is 6.91. The molecular formula is C24H30O6S. The second kappa shape index (κ2) is 9.48. The average molecular weight is 447 g/mol. The van der Waals surface area contributed by atoms with Crippen LogP contribution >= 0.6 is 11.8 Å². The van der Waals surface area contributed by atoms with Crippen LogP contribution < -0.4 is 4.74 Å². The van der Waals surface area contributed by atoms with Gasteiger partial charge >= 0.3 is 0 Å². The molecule has 168 valence electrons. The van der Waals surface area contributed by atoms with Gasteiger partial charge in [-0.15, -0.1) is 11.8 Å². The van der Waals surface area contributed by atoms with E-state index < -0.39 is 36.5 Å². The van der Waals surface area contributed by atoms with Crippen molar-refractivity contribution in [1.29, 1.82) is 0 Å². The van der Waals surface area contributed by atoms with Crippen LogP contribution in [0.2, 0.25) is 0 Å². The van der Waals surface area contributed by atoms with Gasteiger partial charge in [-0.3, -0.25) is 0 Å². The Hall–Kier alpha value is -1.61. The maximum atomic E-state index is 10.9. The van der Waals surface area contributed by atoms with E-state index >= 15 is 0 Å². The number of methoxy groups -OCH3 is 1. The number of hydrogen-bond acceptors (Lipinski definition) is 7. The van der Waals surface area contributed by atoms with Crippen molar-refractivity contribution in [2.24, 2.45) is 0 Å². The molecule has 5 atom stereocenters. The van der Waals surface area contributed by atoms with Gasteiger partial charge < -0.3 is 28.8 Å². The predicted octanol–water partition coefficient (Wildman–Crippen LogP) is 3.92. The molecule has 2 saturated heterocycles. The van der Waals surface area contributed by atoms with Gasteiger partial charge in [0.1, 0.15) is 24.1 Å². The van der Waals surface area contributed by atoms with Crippen LogP contribution in [-0.4, -0.2) is 54.5 Å². The van der Waals surface area contributed by atoms with Gasteiger partial charge in [-0.1, -0.05) is 29.8 Å². The van der Waals surface area contributed by atoms with Gasteiger partial charge in [-0.2, -0.15) is 0 Å². The summed E-state index contributed by atoms with van der Waals surface area (Å²) in [6.07, 6.45) is -2.66. The molecule has 2 aromatic rings. The van der Waals surface area contributed by atoms with E-state index in [1.54, 1.807) is 18.9 Å². The monoisotopic (exact) mass is 446 g/mol. The zero-order valence-corrected chi connectivity index (χ0v) is 19.1. The van der Waals surface area contributed by atoms with Crippen LogP contribution in [0.4, 0.5) is 0 Å². The van der Waals surface area contributed by atoms with E-state index in [4.69, 9.17) is 23.7 Å². The summed E-state index contributed by atoms with van der Waals surface area (Å²) in [6.45, 7) is 6.14. The average Bonchev–Trinajstić information content (AvgIpc) is 3.23. The van der Waals surface area contributed by atoms with Crippen molar-refractivity contribution < 1.29 is 28.8 Å². The molecule has 0 radical (unpaired) electrons. The number of aliphatic hydroxyl groups excluding tert-OH is 1. The van der Waals surface area contributed by atoms with Crippen molar-refractivity contribution in [3.05, 3.63) is 59.7 Å². The maximum Gasteiger partial charge on any atom is 0.190 e. The van der Waals surface area contributed by atoms with Gasteiger partial charge in [0.05, 0.1) is 19.8 Å². The van der Waals surface area contributed by atoms with E-state index in [-0.39, 0.29) is 0 Å². The van der Waals surface area contributed by atoms with Gasteiger partial charge in [0.2, 0.25) is 0 Å². The largest absolute Gasteiger partial charge is 0.497 e. The van der Waals surface area contributed by atoms with Crippen molar-refractivity contribution in [1.82, 2.24) is 0 Å². The summed E-state index contributed by atoms with van der Waals surface area (Å²) in [4.78, 5) is 1.10. The van der Waals surface area contributed by atoms with E-state index in [9.17, 15) is 5.11 Å². The molecule has 4 rings (SSSR count). The van der Waals surface area contributed by atoms with E-state index in [1.165, 1.54) is 5.56 Å². The Balaban J connectivity index is 1.42. The minimum atomic E-state index is -0.746. The van der Waals surface area contributed by atoms with Crippen LogP contribution in [0.25, 0.3) is 0 Å². The SMILES string of the molecule is COc1ccc(CO[C@@H]2[C@H]3OC(C)(C)O[C@H]3O[C@@H]2[C@@H](O)CSc2ccc(C)cc2)cc1. The number of rotatable bonds is 8. The van der Waals surface area contributed by atoms with Crippen LogP contribution in [0, 0.1) is 6.92 Å². The first-order valence-electron chi connectivity index (χ1n) is 10.5. The highest BCUT2D eigenvalue weighted by molar-refractivity contribution is 7.99. The Morgan fingerprint density at radius 1 is 1.06 bits per heavy atom. The summed E-state index contributed by atoms with van der Waals surface area (Å²) in [7, 11) is 1.64. The highest BCUT2D eigenvalue weighted by atomic mass is 32.2. The summed E-state index contributed by atoms with van der Waals surface area (Å²) >= 11 is 1.59. The number of benzene rings is 2. The molecule has 7 heteroatoms. The Morgan fingerprint density at radius 2 is 1.77 bits per heavy atom. The number of thioether (sulfide) groups is 1. The number of fused-ring (bicyclic) bond motifs is 1. The van der Waals surface area contributed by atoms with Crippen molar-refractivity contribution in [2.45, 2.75) is 68.8 Å². The standard InChI is InChI=1S/C24H30O6S/c1-15-5-11-18(12-6-15)31-14-19(25)20-21(22-23(28-20)30-24(2,3)29-22)27-13-16-7-9-17(26-4)10-8-16/h5-12,19-23,25H,13-14H2,1-4H3/t19-,20+,21-,22+,23+/m0/s1. The molecule has 2 heterocycles. The molecule has 6 nitrogen and oxygen atoms in total. The molecule has 0 unspecified atom stereocenters. The van der Waals surface area contributed by atoms with Crippen LogP contribution in [0.1, 0.15) is 25.0 Å². The molecule has 0 saturated carbocycles. The number of hydrogen-bond donors (Lipinski definition) is 1. The van der Waals surface area contributed by atoms with E-state index in [0.29, 0.717) is 12.4 Å². The topological polar surface area (TPSA) is 66.4 Å². The third kappa shape index (κ3) is 5.42.